The van der Waals surface area contributed by atoms with Crippen molar-refractivity contribution in [2.45, 2.75) is 6.92 Å². The summed E-state index contributed by atoms with van der Waals surface area (Å²) in [6, 6.07) is 6.62. The second-order valence-electron chi connectivity index (χ2n) is 4.53. The molecule has 0 unspecified atom stereocenters. The predicted octanol–water partition coefficient (Wildman–Crippen LogP) is 2.59. The van der Waals surface area contributed by atoms with Crippen LogP contribution in [0.1, 0.15) is 27.8 Å². The number of rotatable bonds is 3. The van der Waals surface area contributed by atoms with E-state index in [9.17, 15) is 9.59 Å². The van der Waals surface area contributed by atoms with E-state index in [1.54, 1.807) is 25.1 Å². The van der Waals surface area contributed by atoms with E-state index in [1.807, 2.05) is 0 Å². The molecule has 0 amide bonds. The van der Waals surface area contributed by atoms with Gasteiger partial charge in [0.2, 0.25) is 0 Å². The molecule has 0 saturated carbocycles. The molecule has 106 valence electrons. The second kappa shape index (κ2) is 4.90. The number of aromatic amines is 1. The number of aromatic carboxylic acids is 1. The van der Waals surface area contributed by atoms with Crippen molar-refractivity contribution in [3.63, 3.8) is 0 Å². The minimum atomic E-state index is -1.09. The Morgan fingerprint density at radius 1 is 1.24 bits per heavy atom. The zero-order valence-corrected chi connectivity index (χ0v) is 11.2. The number of carboxylic acid groups (broad SMARTS) is 1. The first kappa shape index (κ1) is 13.1. The summed E-state index contributed by atoms with van der Waals surface area (Å²) in [4.78, 5) is 29.8. The molecule has 21 heavy (non-hydrogen) atoms. The summed E-state index contributed by atoms with van der Waals surface area (Å²) in [6.07, 6.45) is 1.48. The Labute approximate surface area is 119 Å². The number of H-pyrrole nitrogens is 1. The first-order valence-corrected chi connectivity index (χ1v) is 6.42. The van der Waals surface area contributed by atoms with Gasteiger partial charge < -0.3 is 14.8 Å². The van der Waals surface area contributed by atoms with Crippen molar-refractivity contribution in [1.82, 2.24) is 9.97 Å². The number of nitrogens with zero attached hydrogens (tertiary/aromatic N) is 1. The first-order valence-electron chi connectivity index (χ1n) is 6.42. The van der Waals surface area contributed by atoms with Crippen LogP contribution >= 0.6 is 0 Å². The van der Waals surface area contributed by atoms with Crippen LogP contribution in [-0.4, -0.2) is 33.6 Å². The summed E-state index contributed by atoms with van der Waals surface area (Å²) in [5.41, 5.74) is 1.92. The number of carbonyl (C=O) groups excluding carboxylic acids is 1. The van der Waals surface area contributed by atoms with Crippen LogP contribution in [0, 0.1) is 0 Å². The van der Waals surface area contributed by atoms with E-state index in [4.69, 9.17) is 9.84 Å². The van der Waals surface area contributed by atoms with Crippen LogP contribution in [0.5, 0.6) is 0 Å². The molecule has 3 aromatic rings. The molecule has 2 N–H and O–H groups in total. The van der Waals surface area contributed by atoms with Crippen molar-refractivity contribution in [2.75, 3.05) is 6.61 Å². The topological polar surface area (TPSA) is 92.3 Å². The van der Waals surface area contributed by atoms with Crippen LogP contribution in [0.2, 0.25) is 0 Å². The lowest BCUT2D eigenvalue weighted by molar-refractivity contribution is 0.0526. The third-order valence-corrected chi connectivity index (χ3v) is 3.21. The Bertz CT molecular complexity index is 867. The molecule has 2 aromatic heterocycles. The average Bonchev–Trinajstić information content (AvgIpc) is 2.84. The van der Waals surface area contributed by atoms with E-state index >= 15 is 0 Å². The molecule has 0 aliphatic heterocycles. The highest BCUT2D eigenvalue weighted by atomic mass is 16.5. The Kier molecular flexibility index (Phi) is 3.06. The summed E-state index contributed by atoms with van der Waals surface area (Å²) in [6.45, 7) is 2.05. The lowest BCUT2D eigenvalue weighted by atomic mass is 10.1. The molecular weight excluding hydrogens is 272 g/mol. The Morgan fingerprint density at radius 3 is 2.71 bits per heavy atom. The number of carboxylic acids is 1. The molecule has 0 bridgehead atoms. The zero-order chi connectivity index (χ0) is 15.0. The summed E-state index contributed by atoms with van der Waals surface area (Å²) in [7, 11) is 0. The van der Waals surface area contributed by atoms with Crippen molar-refractivity contribution in [3.8, 4) is 0 Å². The van der Waals surface area contributed by atoms with Crippen molar-refractivity contribution < 1.29 is 19.4 Å². The number of fused-ring (bicyclic) bond motifs is 3. The summed E-state index contributed by atoms with van der Waals surface area (Å²) in [5, 5.41) is 10.5. The summed E-state index contributed by atoms with van der Waals surface area (Å²) < 4.78 is 4.97. The smallest absolute Gasteiger partial charge is 0.354 e. The van der Waals surface area contributed by atoms with Crippen LogP contribution in [-0.2, 0) is 4.74 Å². The molecule has 0 atom stereocenters. The van der Waals surface area contributed by atoms with Gasteiger partial charge in [-0.1, -0.05) is 0 Å². The average molecular weight is 284 g/mol. The third-order valence-electron chi connectivity index (χ3n) is 3.21. The molecule has 0 spiro atoms. The maximum Gasteiger partial charge on any atom is 0.354 e. The summed E-state index contributed by atoms with van der Waals surface area (Å²) >= 11 is 0. The lowest BCUT2D eigenvalue weighted by Gasteiger charge is -2.01. The number of esters is 1. The van der Waals surface area contributed by atoms with Gasteiger partial charge in [-0.3, -0.25) is 0 Å². The molecule has 0 saturated heterocycles. The van der Waals surface area contributed by atoms with Crippen molar-refractivity contribution >= 4 is 33.7 Å². The Morgan fingerprint density at radius 2 is 2.00 bits per heavy atom. The minimum absolute atomic E-state index is 0.0371. The number of ether oxygens (including phenoxy) is 1. The number of pyridine rings is 1. The van der Waals surface area contributed by atoms with Crippen LogP contribution in [0.25, 0.3) is 21.8 Å². The van der Waals surface area contributed by atoms with E-state index in [-0.39, 0.29) is 5.69 Å². The number of carbonyl (C=O) groups is 2. The van der Waals surface area contributed by atoms with Crippen LogP contribution in [0.4, 0.5) is 0 Å². The van der Waals surface area contributed by atoms with Crippen LogP contribution < -0.4 is 0 Å². The van der Waals surface area contributed by atoms with Crippen LogP contribution in [0.15, 0.2) is 30.5 Å². The van der Waals surface area contributed by atoms with Gasteiger partial charge in [0.25, 0.3) is 0 Å². The molecular formula is C15H12N2O4. The van der Waals surface area contributed by atoms with E-state index < -0.39 is 11.9 Å². The fraction of sp³-hybridized carbons (Fsp3) is 0.133. The molecule has 6 heteroatoms. The van der Waals surface area contributed by atoms with Crippen molar-refractivity contribution in [3.05, 3.63) is 41.7 Å². The van der Waals surface area contributed by atoms with Gasteiger partial charge in [0.1, 0.15) is 5.69 Å². The third kappa shape index (κ3) is 2.20. The molecule has 0 fully saturated rings. The number of hydrogen-bond acceptors (Lipinski definition) is 4. The number of hydrogen-bond donors (Lipinski definition) is 2. The Hall–Kier alpha value is -2.89. The maximum atomic E-state index is 11.8. The SMILES string of the molecule is CCOC(=O)c1ccc2[nH]c3cnc(C(=O)O)cc3c2c1. The predicted molar refractivity (Wildman–Crippen MR) is 76.5 cm³/mol. The molecule has 2 heterocycles. The van der Waals surface area contributed by atoms with Gasteiger partial charge in [0, 0.05) is 16.3 Å². The summed E-state index contributed by atoms with van der Waals surface area (Å²) in [5.74, 6) is -1.49. The molecule has 0 aliphatic rings. The van der Waals surface area contributed by atoms with Gasteiger partial charge >= 0.3 is 11.9 Å². The standard InChI is InChI=1S/C15H12N2O4/c1-2-21-15(20)8-3-4-11-9(5-8)10-6-12(14(18)19)16-7-13(10)17-11/h3-7,17H,2H2,1H3,(H,18,19). The number of benzene rings is 1. The molecule has 1 aromatic carbocycles. The first-order chi connectivity index (χ1) is 10.1. The highest BCUT2D eigenvalue weighted by Crippen LogP contribution is 2.26. The van der Waals surface area contributed by atoms with E-state index in [0.29, 0.717) is 17.6 Å². The largest absolute Gasteiger partial charge is 0.477 e. The lowest BCUT2D eigenvalue weighted by Crippen LogP contribution is -2.04. The zero-order valence-electron chi connectivity index (χ0n) is 11.2. The van der Waals surface area contributed by atoms with Gasteiger partial charge in [-0.05, 0) is 31.2 Å². The van der Waals surface area contributed by atoms with Gasteiger partial charge in [-0.2, -0.15) is 0 Å². The highest BCUT2D eigenvalue weighted by molar-refractivity contribution is 6.10. The monoisotopic (exact) mass is 284 g/mol. The molecule has 0 aliphatic carbocycles. The number of nitrogens with one attached hydrogen (secondary N) is 1. The molecule has 6 nitrogen and oxygen atoms in total. The van der Waals surface area contributed by atoms with Gasteiger partial charge in [-0.25, -0.2) is 14.6 Å². The fourth-order valence-electron chi connectivity index (χ4n) is 2.26. The normalized spacial score (nSPS) is 10.9. The maximum absolute atomic E-state index is 11.8. The highest BCUT2D eigenvalue weighted by Gasteiger charge is 2.13. The van der Waals surface area contributed by atoms with E-state index in [0.717, 1.165) is 16.4 Å². The van der Waals surface area contributed by atoms with Gasteiger partial charge in [0.05, 0.1) is 23.9 Å². The minimum Gasteiger partial charge on any atom is -0.477 e. The molecule has 3 rings (SSSR count). The van der Waals surface area contributed by atoms with Crippen molar-refractivity contribution in [1.29, 1.82) is 0 Å². The van der Waals surface area contributed by atoms with Crippen molar-refractivity contribution in [2.24, 2.45) is 0 Å². The van der Waals surface area contributed by atoms with Crippen LogP contribution in [0.3, 0.4) is 0 Å². The fourth-order valence-corrected chi connectivity index (χ4v) is 2.26. The second-order valence-corrected chi connectivity index (χ2v) is 4.53. The van der Waals surface area contributed by atoms with E-state index in [1.165, 1.54) is 12.3 Å². The Balaban J connectivity index is 2.22. The number of aromatic nitrogens is 2. The van der Waals surface area contributed by atoms with E-state index in [2.05, 4.69) is 9.97 Å². The quantitative estimate of drug-likeness (QED) is 0.721. The molecule has 0 radical (unpaired) electrons. The van der Waals surface area contributed by atoms with Gasteiger partial charge in [0.15, 0.2) is 0 Å². The van der Waals surface area contributed by atoms with Gasteiger partial charge in [-0.15, -0.1) is 0 Å².